The van der Waals surface area contributed by atoms with Gasteiger partial charge in [0.2, 0.25) is 5.91 Å². The van der Waals surface area contributed by atoms with Crippen LogP contribution < -0.4 is 5.32 Å². The molecule has 0 unspecified atom stereocenters. The third-order valence-electron chi connectivity index (χ3n) is 6.29. The summed E-state index contributed by atoms with van der Waals surface area (Å²) in [6.07, 6.45) is 0. The van der Waals surface area contributed by atoms with Crippen molar-refractivity contribution in [3.05, 3.63) is 89.6 Å². The highest BCUT2D eigenvalue weighted by Crippen LogP contribution is 2.27. The maximum absolute atomic E-state index is 13.5. The minimum absolute atomic E-state index is 0.0480. The average Bonchev–Trinajstić information content (AvgIpc) is 3.27. The molecule has 1 N–H and O–H groups in total. The van der Waals surface area contributed by atoms with Gasteiger partial charge >= 0.3 is 0 Å². The largest absolute Gasteiger partial charge is 0.329 e. The molecule has 0 aliphatic heterocycles. The fourth-order valence-corrected chi connectivity index (χ4v) is 4.34. The van der Waals surface area contributed by atoms with Crippen LogP contribution in [0.25, 0.3) is 16.5 Å². The molecule has 3 aromatic carbocycles. The van der Waals surface area contributed by atoms with Gasteiger partial charge in [0.1, 0.15) is 12.4 Å². The molecular formula is C31H36N4O2. The Kier molecular flexibility index (Phi) is 7.48. The van der Waals surface area contributed by atoms with E-state index < -0.39 is 0 Å². The maximum Gasteiger partial charge on any atom is 0.254 e. The summed E-state index contributed by atoms with van der Waals surface area (Å²) in [4.78, 5) is 28.5. The first-order valence-corrected chi connectivity index (χ1v) is 12.8. The Morgan fingerprint density at radius 1 is 0.946 bits per heavy atom. The van der Waals surface area contributed by atoms with Crippen molar-refractivity contribution in [1.29, 1.82) is 0 Å². The van der Waals surface area contributed by atoms with E-state index in [4.69, 9.17) is 5.10 Å². The van der Waals surface area contributed by atoms with Crippen LogP contribution in [0.5, 0.6) is 0 Å². The summed E-state index contributed by atoms with van der Waals surface area (Å²) in [5, 5.41) is 9.94. The van der Waals surface area contributed by atoms with E-state index in [1.807, 2.05) is 93.6 Å². The van der Waals surface area contributed by atoms with E-state index in [1.165, 1.54) is 0 Å². The average molecular weight is 497 g/mol. The van der Waals surface area contributed by atoms with Gasteiger partial charge in [0.25, 0.3) is 5.91 Å². The molecule has 6 nitrogen and oxygen atoms in total. The molecule has 0 aliphatic carbocycles. The molecule has 0 spiro atoms. The molecule has 1 heterocycles. The van der Waals surface area contributed by atoms with Crippen molar-refractivity contribution in [2.45, 2.75) is 47.0 Å². The first-order valence-electron chi connectivity index (χ1n) is 12.8. The molecule has 2 amide bonds. The van der Waals surface area contributed by atoms with Crippen LogP contribution in [-0.2, 0) is 10.2 Å². The number of benzene rings is 3. The zero-order valence-electron chi connectivity index (χ0n) is 22.6. The predicted molar refractivity (Wildman–Crippen MR) is 150 cm³/mol. The third-order valence-corrected chi connectivity index (χ3v) is 6.29. The molecule has 0 bridgehead atoms. The Balaban J connectivity index is 1.61. The molecule has 0 atom stereocenters. The van der Waals surface area contributed by atoms with Gasteiger partial charge in [-0.25, -0.2) is 4.68 Å². The number of hydrogen-bond acceptors (Lipinski definition) is 3. The summed E-state index contributed by atoms with van der Waals surface area (Å²) in [5.74, 6) is 0.386. The van der Waals surface area contributed by atoms with E-state index in [2.05, 4.69) is 26.1 Å². The number of hydrogen-bond donors (Lipinski definition) is 1. The Bertz CT molecular complexity index is 1430. The van der Waals surface area contributed by atoms with Crippen LogP contribution in [0.4, 0.5) is 5.82 Å². The Morgan fingerprint density at radius 3 is 2.30 bits per heavy atom. The lowest BCUT2D eigenvalue weighted by molar-refractivity contribution is -0.117. The molecule has 1 aromatic heterocycles. The fraction of sp³-hybridized carbons (Fsp3) is 0.323. The van der Waals surface area contributed by atoms with Crippen LogP contribution >= 0.6 is 0 Å². The lowest BCUT2D eigenvalue weighted by atomic mass is 9.92. The van der Waals surface area contributed by atoms with Crippen molar-refractivity contribution in [3.8, 4) is 5.69 Å². The van der Waals surface area contributed by atoms with Gasteiger partial charge in [0.15, 0.2) is 0 Å². The fourth-order valence-electron chi connectivity index (χ4n) is 4.34. The molecular weight excluding hydrogens is 460 g/mol. The van der Waals surface area contributed by atoms with Gasteiger partial charge in [-0.2, -0.15) is 5.10 Å². The summed E-state index contributed by atoms with van der Waals surface area (Å²) < 4.78 is 1.78. The molecule has 4 aromatic rings. The summed E-state index contributed by atoms with van der Waals surface area (Å²) in [5.41, 5.74) is 3.21. The third kappa shape index (κ3) is 6.08. The number of nitrogens with one attached hydrogen (secondary N) is 1. The first kappa shape index (κ1) is 26.1. The lowest BCUT2D eigenvalue weighted by Gasteiger charge is -2.24. The second-order valence-electron chi connectivity index (χ2n) is 11.1. The highest BCUT2D eigenvalue weighted by molar-refractivity contribution is 6.01. The Morgan fingerprint density at radius 2 is 1.62 bits per heavy atom. The summed E-state index contributed by atoms with van der Waals surface area (Å²) in [7, 11) is 0. The van der Waals surface area contributed by atoms with Gasteiger partial charge in [-0.05, 0) is 47.4 Å². The minimum Gasteiger partial charge on any atom is -0.329 e. The van der Waals surface area contributed by atoms with E-state index in [-0.39, 0.29) is 29.7 Å². The number of para-hydroxylation sites is 1. The zero-order chi connectivity index (χ0) is 26.7. The molecule has 192 valence electrons. The van der Waals surface area contributed by atoms with Gasteiger partial charge in [0.05, 0.1) is 11.4 Å². The van der Waals surface area contributed by atoms with Crippen molar-refractivity contribution in [2.75, 3.05) is 18.4 Å². The van der Waals surface area contributed by atoms with E-state index in [0.717, 1.165) is 27.7 Å². The molecule has 0 saturated carbocycles. The normalized spacial score (nSPS) is 11.6. The van der Waals surface area contributed by atoms with Gasteiger partial charge in [-0.1, -0.05) is 83.1 Å². The molecule has 0 aliphatic rings. The smallest absolute Gasteiger partial charge is 0.254 e. The number of aryl methyl sites for hydroxylation is 1. The number of amides is 2. The molecule has 37 heavy (non-hydrogen) atoms. The maximum atomic E-state index is 13.5. The Hall–Kier alpha value is -3.93. The van der Waals surface area contributed by atoms with Gasteiger partial charge in [-0.3, -0.25) is 9.59 Å². The second-order valence-corrected chi connectivity index (χ2v) is 11.1. The van der Waals surface area contributed by atoms with Crippen LogP contribution in [0.3, 0.4) is 0 Å². The minimum atomic E-state index is -0.259. The van der Waals surface area contributed by atoms with Crippen molar-refractivity contribution in [1.82, 2.24) is 14.7 Å². The van der Waals surface area contributed by atoms with Crippen LogP contribution in [0, 0.1) is 12.8 Å². The summed E-state index contributed by atoms with van der Waals surface area (Å²) in [6.45, 7) is 12.8. The number of nitrogens with zero attached hydrogens (tertiary/aromatic N) is 3. The monoisotopic (exact) mass is 496 g/mol. The highest BCUT2D eigenvalue weighted by Gasteiger charge is 2.24. The molecule has 0 saturated heterocycles. The number of rotatable bonds is 7. The van der Waals surface area contributed by atoms with Crippen molar-refractivity contribution >= 4 is 28.4 Å². The number of aromatic nitrogens is 2. The second kappa shape index (κ2) is 10.6. The number of carbonyl (C=O) groups is 2. The van der Waals surface area contributed by atoms with Gasteiger partial charge in [0, 0.05) is 23.6 Å². The summed E-state index contributed by atoms with van der Waals surface area (Å²) in [6, 6.07) is 23.5. The topological polar surface area (TPSA) is 67.2 Å². The predicted octanol–water partition coefficient (Wildman–Crippen LogP) is 6.37. The number of anilines is 1. The van der Waals surface area contributed by atoms with Crippen molar-refractivity contribution in [2.24, 2.45) is 5.92 Å². The van der Waals surface area contributed by atoms with Gasteiger partial charge < -0.3 is 10.2 Å². The Labute approximate surface area is 219 Å². The lowest BCUT2D eigenvalue weighted by Crippen LogP contribution is -2.40. The van der Waals surface area contributed by atoms with E-state index in [0.29, 0.717) is 17.9 Å². The zero-order valence-corrected chi connectivity index (χ0v) is 22.6. The van der Waals surface area contributed by atoms with Crippen LogP contribution in [-0.4, -0.2) is 39.6 Å². The standard InChI is InChI=1S/C31H36N4O2/c1-21(2)19-34(30(37)25-16-15-23-12-8-9-13-24(23)17-25)20-29(36)32-28-18-27(31(4,5)6)33-35(28)26-14-10-7-11-22(26)3/h7-18,21H,19-20H2,1-6H3,(H,32,36). The van der Waals surface area contributed by atoms with Crippen molar-refractivity contribution < 1.29 is 9.59 Å². The molecule has 0 fully saturated rings. The molecule has 6 heteroatoms. The summed E-state index contributed by atoms with van der Waals surface area (Å²) >= 11 is 0. The van der Waals surface area contributed by atoms with Crippen LogP contribution in [0.2, 0.25) is 0 Å². The van der Waals surface area contributed by atoms with E-state index >= 15 is 0 Å². The van der Waals surface area contributed by atoms with Gasteiger partial charge in [-0.15, -0.1) is 0 Å². The van der Waals surface area contributed by atoms with E-state index in [1.54, 1.807) is 9.58 Å². The van der Waals surface area contributed by atoms with Crippen LogP contribution in [0.15, 0.2) is 72.8 Å². The first-order chi connectivity index (χ1) is 17.5. The number of fused-ring (bicyclic) bond motifs is 1. The highest BCUT2D eigenvalue weighted by atomic mass is 16.2. The van der Waals surface area contributed by atoms with E-state index in [9.17, 15) is 9.59 Å². The van der Waals surface area contributed by atoms with Crippen molar-refractivity contribution in [3.63, 3.8) is 0 Å². The van der Waals surface area contributed by atoms with Crippen LogP contribution in [0.1, 0.15) is 56.2 Å². The SMILES string of the molecule is Cc1ccccc1-n1nc(C(C)(C)C)cc1NC(=O)CN(CC(C)C)C(=O)c1ccc2ccccc2c1. The molecule has 0 radical (unpaired) electrons. The molecule has 4 rings (SSSR count). The number of carbonyl (C=O) groups excluding carboxylic acids is 2. The quantitative estimate of drug-likeness (QED) is 0.323.